The number of rotatable bonds is 3. The summed E-state index contributed by atoms with van der Waals surface area (Å²) in [5.74, 6) is -0.286. The Morgan fingerprint density at radius 3 is 2.77 bits per heavy atom. The van der Waals surface area contributed by atoms with Crippen LogP contribution in [0.5, 0.6) is 0 Å². The number of carbonyl (C=O) groups excluding carboxylic acids is 1. The number of aromatic amines is 1. The van der Waals surface area contributed by atoms with Gasteiger partial charge in [-0.15, -0.1) is 0 Å². The Labute approximate surface area is 152 Å². The summed E-state index contributed by atoms with van der Waals surface area (Å²) in [6.45, 7) is 3.92. The molecule has 140 valence electrons. The molecule has 6 heteroatoms. The average molecular weight is 360 g/mol. The van der Waals surface area contributed by atoms with Gasteiger partial charge >= 0.3 is 6.09 Å². The van der Waals surface area contributed by atoms with E-state index in [1.54, 1.807) is 13.0 Å². The van der Waals surface area contributed by atoms with Gasteiger partial charge in [0.05, 0.1) is 5.52 Å². The number of nitrogens with one attached hydrogen (secondary N) is 1. The van der Waals surface area contributed by atoms with E-state index in [-0.39, 0.29) is 5.82 Å². The first-order chi connectivity index (χ1) is 12.4. The van der Waals surface area contributed by atoms with Crippen LogP contribution in [0.3, 0.4) is 0 Å². The number of aryl methyl sites for hydroxylation is 1. The lowest BCUT2D eigenvalue weighted by molar-refractivity contribution is -0.158. The third kappa shape index (κ3) is 2.42. The van der Waals surface area contributed by atoms with Gasteiger partial charge in [0.2, 0.25) is 0 Å². The second kappa shape index (κ2) is 5.98. The highest BCUT2D eigenvalue weighted by Gasteiger charge is 2.61. The molecule has 2 aromatic rings. The number of ether oxygens (including phenoxy) is 1. The molecule has 2 N–H and O–H groups in total. The van der Waals surface area contributed by atoms with E-state index in [1.165, 1.54) is 11.0 Å². The van der Waals surface area contributed by atoms with Crippen molar-refractivity contribution >= 4 is 17.0 Å². The van der Waals surface area contributed by atoms with Gasteiger partial charge < -0.3 is 14.8 Å². The van der Waals surface area contributed by atoms with Crippen molar-refractivity contribution in [3.8, 4) is 0 Å². The Hall–Kier alpha value is -2.08. The number of carbonyl (C=O) groups is 1. The summed E-state index contributed by atoms with van der Waals surface area (Å²) >= 11 is 0. The van der Waals surface area contributed by atoms with Gasteiger partial charge in [-0.3, -0.25) is 4.90 Å². The fourth-order valence-corrected chi connectivity index (χ4v) is 4.66. The highest BCUT2D eigenvalue weighted by atomic mass is 19.1. The summed E-state index contributed by atoms with van der Waals surface area (Å²) in [7, 11) is 0. The van der Waals surface area contributed by atoms with Crippen LogP contribution in [0.2, 0.25) is 0 Å². The molecule has 0 radical (unpaired) electrons. The minimum Gasteiger partial charge on any atom is -0.438 e. The molecule has 1 aromatic carbocycles. The van der Waals surface area contributed by atoms with Crippen LogP contribution in [0.15, 0.2) is 18.2 Å². The molecular formula is C20H25FN2O3. The zero-order valence-electron chi connectivity index (χ0n) is 15.3. The summed E-state index contributed by atoms with van der Waals surface area (Å²) in [5, 5.41) is 12.0. The van der Waals surface area contributed by atoms with E-state index in [9.17, 15) is 14.3 Å². The van der Waals surface area contributed by atoms with E-state index in [2.05, 4.69) is 4.98 Å². The maximum Gasteiger partial charge on any atom is 0.412 e. The van der Waals surface area contributed by atoms with Gasteiger partial charge in [-0.25, -0.2) is 9.18 Å². The van der Waals surface area contributed by atoms with Crippen molar-refractivity contribution in [1.82, 2.24) is 9.88 Å². The number of hydrogen-bond acceptors (Lipinski definition) is 3. The lowest BCUT2D eigenvalue weighted by atomic mass is 9.77. The third-order valence-electron chi connectivity index (χ3n) is 6.24. The summed E-state index contributed by atoms with van der Waals surface area (Å²) in [5.41, 5.74) is 0.205. The molecular weight excluding hydrogens is 335 g/mol. The number of benzene rings is 1. The van der Waals surface area contributed by atoms with E-state index in [4.69, 9.17) is 4.74 Å². The Bertz CT molecular complexity index is 852. The smallest absolute Gasteiger partial charge is 0.412 e. The number of H-pyrrole nitrogens is 1. The van der Waals surface area contributed by atoms with Crippen LogP contribution in [0.4, 0.5) is 9.18 Å². The fraction of sp³-hybridized carbons (Fsp3) is 0.550. The minimum atomic E-state index is -1.32. The van der Waals surface area contributed by atoms with Gasteiger partial charge in [0.1, 0.15) is 5.82 Å². The Kier molecular flexibility index (Phi) is 3.99. The number of halogens is 1. The summed E-state index contributed by atoms with van der Waals surface area (Å²) in [6.07, 6.45) is 4.47. The van der Waals surface area contributed by atoms with Gasteiger partial charge in [-0.05, 0) is 57.6 Å². The van der Waals surface area contributed by atoms with Crippen molar-refractivity contribution in [3.63, 3.8) is 0 Å². The molecule has 26 heavy (non-hydrogen) atoms. The number of nitrogens with zero attached hydrogens (tertiary/aromatic N) is 1. The lowest BCUT2D eigenvalue weighted by Gasteiger charge is -2.42. The molecule has 2 fully saturated rings. The maximum absolute atomic E-state index is 14.0. The van der Waals surface area contributed by atoms with Crippen LogP contribution in [0, 0.1) is 12.7 Å². The lowest BCUT2D eigenvalue weighted by Crippen LogP contribution is -2.57. The Balaban J connectivity index is 1.59. The van der Waals surface area contributed by atoms with E-state index >= 15 is 0 Å². The Morgan fingerprint density at radius 2 is 2.04 bits per heavy atom. The van der Waals surface area contributed by atoms with Crippen molar-refractivity contribution in [1.29, 1.82) is 0 Å². The van der Waals surface area contributed by atoms with Crippen molar-refractivity contribution in [3.05, 3.63) is 35.3 Å². The second-order valence-corrected chi connectivity index (χ2v) is 7.74. The van der Waals surface area contributed by atoms with Gasteiger partial charge in [0.25, 0.3) is 0 Å². The number of amides is 1. The first-order valence-corrected chi connectivity index (χ1v) is 9.34. The van der Waals surface area contributed by atoms with E-state index in [1.807, 2.05) is 13.0 Å². The standard InChI is InChI=1S/C20H25FN2O3/c1-13-14(15-7-6-8-16(21)17(15)22-13)9-12-23-18(24)26-20(19(23,2)25)10-4-3-5-11-20/h6-8,22,25H,3-5,9-12H2,1-2H3/t19-/m1/s1. The molecule has 2 aliphatic rings. The van der Waals surface area contributed by atoms with Gasteiger partial charge in [-0.2, -0.15) is 0 Å². The highest BCUT2D eigenvalue weighted by Crippen LogP contribution is 2.47. The fourth-order valence-electron chi connectivity index (χ4n) is 4.66. The number of aromatic nitrogens is 1. The van der Waals surface area contributed by atoms with Crippen molar-refractivity contribution in [2.75, 3.05) is 6.54 Å². The molecule has 0 bridgehead atoms. The van der Waals surface area contributed by atoms with Crippen LogP contribution < -0.4 is 0 Å². The van der Waals surface area contributed by atoms with E-state index in [0.29, 0.717) is 31.3 Å². The molecule has 1 atom stereocenters. The number of fused-ring (bicyclic) bond motifs is 1. The first kappa shape index (κ1) is 17.3. The van der Waals surface area contributed by atoms with Crippen LogP contribution in [-0.4, -0.2) is 39.0 Å². The molecule has 5 nitrogen and oxygen atoms in total. The molecule has 1 aliphatic carbocycles. The van der Waals surface area contributed by atoms with Crippen molar-refractivity contribution < 1.29 is 19.0 Å². The SMILES string of the molecule is Cc1[nH]c2c(F)cccc2c1CCN1C(=O)OC2(CCCCC2)[C@@]1(C)O. The average Bonchev–Trinajstić information content (AvgIpc) is 3.00. The quantitative estimate of drug-likeness (QED) is 0.869. The first-order valence-electron chi connectivity index (χ1n) is 9.34. The molecule has 0 unspecified atom stereocenters. The number of para-hydroxylation sites is 1. The zero-order chi connectivity index (χ0) is 18.5. The minimum absolute atomic E-state index is 0.286. The molecule has 1 aliphatic heterocycles. The molecule has 1 saturated heterocycles. The summed E-state index contributed by atoms with van der Waals surface area (Å²) < 4.78 is 19.7. The Morgan fingerprint density at radius 1 is 1.31 bits per heavy atom. The van der Waals surface area contributed by atoms with Crippen molar-refractivity contribution in [2.24, 2.45) is 0 Å². The van der Waals surface area contributed by atoms with Crippen LogP contribution >= 0.6 is 0 Å². The molecule has 1 saturated carbocycles. The number of aliphatic hydroxyl groups is 1. The van der Waals surface area contributed by atoms with Gasteiger partial charge in [0.15, 0.2) is 11.3 Å². The highest BCUT2D eigenvalue weighted by molar-refractivity contribution is 5.85. The summed E-state index contributed by atoms with van der Waals surface area (Å²) in [6, 6.07) is 4.99. The molecule has 1 amide bonds. The molecule has 4 rings (SSSR count). The van der Waals surface area contributed by atoms with Gasteiger partial charge in [0, 0.05) is 17.6 Å². The van der Waals surface area contributed by atoms with Gasteiger partial charge in [-0.1, -0.05) is 18.6 Å². The predicted molar refractivity (Wildman–Crippen MR) is 96.3 cm³/mol. The molecule has 1 spiro atoms. The maximum atomic E-state index is 14.0. The van der Waals surface area contributed by atoms with E-state index in [0.717, 1.165) is 35.9 Å². The molecule has 2 heterocycles. The van der Waals surface area contributed by atoms with Crippen molar-refractivity contribution in [2.45, 2.75) is 63.7 Å². The summed E-state index contributed by atoms with van der Waals surface area (Å²) in [4.78, 5) is 17.0. The third-order valence-corrected chi connectivity index (χ3v) is 6.24. The topological polar surface area (TPSA) is 65.6 Å². The number of hydrogen-bond donors (Lipinski definition) is 2. The normalized spacial score (nSPS) is 25.2. The second-order valence-electron chi connectivity index (χ2n) is 7.74. The largest absolute Gasteiger partial charge is 0.438 e. The molecule has 1 aromatic heterocycles. The zero-order valence-corrected chi connectivity index (χ0v) is 15.3. The van der Waals surface area contributed by atoms with E-state index < -0.39 is 17.4 Å². The van der Waals surface area contributed by atoms with Crippen LogP contribution in [0.25, 0.3) is 10.9 Å². The van der Waals surface area contributed by atoms with Crippen LogP contribution in [0.1, 0.15) is 50.3 Å². The van der Waals surface area contributed by atoms with Crippen LogP contribution in [-0.2, 0) is 11.2 Å². The monoisotopic (exact) mass is 360 g/mol. The predicted octanol–water partition coefficient (Wildman–Crippen LogP) is 4.02.